The first-order valence-corrected chi connectivity index (χ1v) is 7.15. The summed E-state index contributed by atoms with van der Waals surface area (Å²) in [5.74, 6) is 5.12. The van der Waals surface area contributed by atoms with Crippen LogP contribution in [0.2, 0.25) is 0 Å². The Hall–Kier alpha value is -2.49. The van der Waals surface area contributed by atoms with E-state index in [1.807, 2.05) is 11.4 Å². The zero-order valence-corrected chi connectivity index (χ0v) is 11.8. The topological polar surface area (TPSA) is 76.3 Å². The Balaban J connectivity index is 1.82. The molecular formula is C15H11N3O2S. The van der Waals surface area contributed by atoms with E-state index in [2.05, 4.69) is 16.8 Å². The van der Waals surface area contributed by atoms with Gasteiger partial charge in [-0.3, -0.25) is 19.5 Å². The molecule has 0 spiro atoms. The molecule has 1 aliphatic rings. The Bertz CT molecular complexity index is 750. The summed E-state index contributed by atoms with van der Waals surface area (Å²) in [5.41, 5.74) is 6.95. The fourth-order valence-corrected chi connectivity index (χ4v) is 2.92. The monoisotopic (exact) mass is 297 g/mol. The summed E-state index contributed by atoms with van der Waals surface area (Å²) in [7, 11) is 0. The maximum absolute atomic E-state index is 12.2. The van der Waals surface area contributed by atoms with Gasteiger partial charge in [0.1, 0.15) is 0 Å². The molecule has 0 aliphatic carbocycles. The van der Waals surface area contributed by atoms with Crippen molar-refractivity contribution in [3.63, 3.8) is 0 Å². The Morgan fingerprint density at radius 3 is 2.86 bits per heavy atom. The minimum Gasteiger partial charge on any atom is -0.320 e. The second-order valence-corrected chi connectivity index (χ2v) is 5.42. The molecule has 21 heavy (non-hydrogen) atoms. The normalized spacial score (nSPS) is 13.1. The van der Waals surface area contributed by atoms with Crippen molar-refractivity contribution in [1.82, 2.24) is 9.88 Å². The van der Waals surface area contributed by atoms with Crippen molar-refractivity contribution in [1.29, 1.82) is 0 Å². The molecule has 2 aromatic heterocycles. The summed E-state index contributed by atoms with van der Waals surface area (Å²) in [5, 5.41) is 1.89. The summed E-state index contributed by atoms with van der Waals surface area (Å²) in [6.07, 6.45) is 2.95. The van der Waals surface area contributed by atoms with Crippen LogP contribution in [0.5, 0.6) is 0 Å². The minimum atomic E-state index is -0.300. The summed E-state index contributed by atoms with van der Waals surface area (Å²) < 4.78 is 0. The Labute approximate surface area is 125 Å². The van der Waals surface area contributed by atoms with Crippen LogP contribution in [0, 0.1) is 11.8 Å². The highest BCUT2D eigenvalue weighted by Gasteiger charge is 2.35. The second-order valence-electron chi connectivity index (χ2n) is 4.43. The van der Waals surface area contributed by atoms with E-state index in [1.54, 1.807) is 6.07 Å². The lowest BCUT2D eigenvalue weighted by atomic mass is 10.2. The van der Waals surface area contributed by atoms with Gasteiger partial charge in [-0.2, -0.15) is 0 Å². The van der Waals surface area contributed by atoms with E-state index >= 15 is 0 Å². The average Bonchev–Trinajstić information content (AvgIpc) is 3.05. The molecular weight excluding hydrogens is 286 g/mol. The molecule has 2 amide bonds. The zero-order valence-electron chi connectivity index (χ0n) is 11.0. The van der Waals surface area contributed by atoms with Crippen LogP contribution in [-0.4, -0.2) is 28.2 Å². The lowest BCUT2D eigenvalue weighted by molar-refractivity contribution is 0.0644. The molecule has 6 heteroatoms. The van der Waals surface area contributed by atoms with Crippen LogP contribution in [0.4, 0.5) is 0 Å². The largest absolute Gasteiger partial charge is 0.320 e. The van der Waals surface area contributed by atoms with Gasteiger partial charge in [-0.05, 0) is 12.1 Å². The van der Waals surface area contributed by atoms with Crippen LogP contribution in [-0.2, 0) is 6.54 Å². The highest BCUT2D eigenvalue weighted by atomic mass is 32.1. The minimum absolute atomic E-state index is 0.251. The Morgan fingerprint density at radius 2 is 2.10 bits per heavy atom. The van der Waals surface area contributed by atoms with Crippen molar-refractivity contribution in [2.45, 2.75) is 6.54 Å². The third-order valence-electron chi connectivity index (χ3n) is 3.07. The molecule has 0 aromatic carbocycles. The first-order valence-electron chi connectivity index (χ1n) is 6.27. The van der Waals surface area contributed by atoms with Crippen molar-refractivity contribution in [3.05, 3.63) is 51.5 Å². The maximum Gasteiger partial charge on any atom is 0.263 e. The molecule has 0 unspecified atom stereocenters. The molecule has 104 valence electrons. The highest BCUT2D eigenvalue weighted by molar-refractivity contribution is 7.10. The number of hydrogen-bond acceptors (Lipinski definition) is 5. The summed E-state index contributed by atoms with van der Waals surface area (Å²) in [6.45, 7) is 0.553. The van der Waals surface area contributed by atoms with E-state index in [-0.39, 0.29) is 18.4 Å². The number of amides is 2. The zero-order chi connectivity index (χ0) is 14.8. The summed E-state index contributed by atoms with van der Waals surface area (Å²) in [6, 6.07) is 3.44. The molecule has 0 saturated carbocycles. The van der Waals surface area contributed by atoms with E-state index in [0.717, 1.165) is 10.4 Å². The molecule has 0 saturated heterocycles. The van der Waals surface area contributed by atoms with E-state index in [1.165, 1.54) is 28.6 Å². The molecule has 2 N–H and O–H groups in total. The molecule has 0 radical (unpaired) electrons. The predicted octanol–water partition coefficient (Wildman–Crippen LogP) is 1.25. The predicted molar refractivity (Wildman–Crippen MR) is 78.7 cm³/mol. The van der Waals surface area contributed by atoms with Gasteiger partial charge in [0.2, 0.25) is 0 Å². The number of aromatic nitrogens is 1. The van der Waals surface area contributed by atoms with Crippen molar-refractivity contribution in [3.8, 4) is 11.8 Å². The van der Waals surface area contributed by atoms with Gasteiger partial charge in [0, 0.05) is 28.2 Å². The number of fused-ring (bicyclic) bond motifs is 1. The Kier molecular flexibility index (Phi) is 3.52. The van der Waals surface area contributed by atoms with Gasteiger partial charge in [0.15, 0.2) is 0 Å². The number of carbonyl (C=O) groups excluding carboxylic acids is 2. The van der Waals surface area contributed by atoms with E-state index in [9.17, 15) is 9.59 Å². The van der Waals surface area contributed by atoms with Crippen molar-refractivity contribution in [2.24, 2.45) is 5.73 Å². The maximum atomic E-state index is 12.2. The van der Waals surface area contributed by atoms with Gasteiger partial charge in [-0.25, -0.2) is 0 Å². The second kappa shape index (κ2) is 5.48. The van der Waals surface area contributed by atoms with Crippen LogP contribution in [0.15, 0.2) is 29.9 Å². The van der Waals surface area contributed by atoms with Gasteiger partial charge in [0.25, 0.3) is 11.8 Å². The van der Waals surface area contributed by atoms with E-state index in [4.69, 9.17) is 5.73 Å². The first kappa shape index (κ1) is 13.5. The van der Waals surface area contributed by atoms with Crippen molar-refractivity contribution >= 4 is 23.2 Å². The number of hydrogen-bond donors (Lipinski definition) is 1. The first-order chi connectivity index (χ1) is 10.2. The van der Waals surface area contributed by atoms with Gasteiger partial charge in [-0.1, -0.05) is 11.8 Å². The quantitative estimate of drug-likeness (QED) is 0.668. The van der Waals surface area contributed by atoms with Crippen molar-refractivity contribution in [2.75, 3.05) is 6.54 Å². The third kappa shape index (κ3) is 2.44. The number of carbonyl (C=O) groups is 2. The van der Waals surface area contributed by atoms with Gasteiger partial charge >= 0.3 is 0 Å². The van der Waals surface area contributed by atoms with Crippen LogP contribution < -0.4 is 5.73 Å². The average molecular weight is 297 g/mol. The molecule has 0 atom stereocenters. The smallest absolute Gasteiger partial charge is 0.263 e. The van der Waals surface area contributed by atoms with Crippen LogP contribution in [0.3, 0.4) is 0 Å². The number of nitrogens with zero attached hydrogens (tertiary/aromatic N) is 2. The molecule has 2 aromatic rings. The van der Waals surface area contributed by atoms with Crippen LogP contribution in [0.1, 0.15) is 31.2 Å². The fraction of sp³-hybridized carbons (Fsp3) is 0.133. The summed E-state index contributed by atoms with van der Waals surface area (Å²) in [4.78, 5) is 30.5. The van der Waals surface area contributed by atoms with Gasteiger partial charge in [0.05, 0.1) is 24.2 Å². The standard InChI is InChI=1S/C15H11N3O2S/c16-4-1-2-10-6-11(21-9-10)8-18-14(19)12-3-5-17-7-13(12)15(18)20/h3,5-7,9H,4,8,16H2. The highest BCUT2D eigenvalue weighted by Crippen LogP contribution is 2.25. The third-order valence-corrected chi connectivity index (χ3v) is 4.00. The number of imide groups is 1. The van der Waals surface area contributed by atoms with E-state index < -0.39 is 0 Å². The van der Waals surface area contributed by atoms with Gasteiger partial charge < -0.3 is 5.73 Å². The number of rotatable bonds is 2. The molecule has 3 heterocycles. The number of thiophene rings is 1. The Morgan fingerprint density at radius 1 is 1.29 bits per heavy atom. The number of nitrogens with two attached hydrogens (primary N) is 1. The van der Waals surface area contributed by atoms with Crippen LogP contribution >= 0.6 is 11.3 Å². The van der Waals surface area contributed by atoms with Crippen LogP contribution in [0.25, 0.3) is 0 Å². The molecule has 1 aliphatic heterocycles. The van der Waals surface area contributed by atoms with E-state index in [0.29, 0.717) is 17.7 Å². The lowest BCUT2D eigenvalue weighted by Crippen LogP contribution is -2.28. The lowest BCUT2D eigenvalue weighted by Gasteiger charge is -2.11. The summed E-state index contributed by atoms with van der Waals surface area (Å²) >= 11 is 1.46. The molecule has 5 nitrogen and oxygen atoms in total. The van der Waals surface area contributed by atoms with Crippen molar-refractivity contribution < 1.29 is 9.59 Å². The number of pyridine rings is 1. The molecule has 3 rings (SSSR count). The SMILES string of the molecule is NCC#Cc1csc(CN2C(=O)c3ccncc3C2=O)c1. The molecule has 0 fully saturated rings. The fourth-order valence-electron chi connectivity index (χ4n) is 2.12. The molecule has 0 bridgehead atoms. The van der Waals surface area contributed by atoms with Gasteiger partial charge in [-0.15, -0.1) is 11.3 Å².